The summed E-state index contributed by atoms with van der Waals surface area (Å²) in [7, 11) is 0. The molecule has 0 saturated carbocycles. The number of para-hydroxylation sites is 1. The first kappa shape index (κ1) is 17.0. The van der Waals surface area contributed by atoms with Crippen LogP contribution in [0.1, 0.15) is 23.4 Å². The van der Waals surface area contributed by atoms with Crippen molar-refractivity contribution in [3.05, 3.63) is 59.1 Å². The van der Waals surface area contributed by atoms with E-state index < -0.39 is 10.5 Å². The first-order chi connectivity index (χ1) is 11.4. The lowest BCUT2D eigenvalue weighted by atomic mass is 10.2. The SMILES string of the molecule is CC(Cl)(Cl)C(NC(=O)c1ccc(Cl)cc1)n1nnc2ccccc21. The minimum absolute atomic E-state index is 0.344. The van der Waals surface area contributed by atoms with Gasteiger partial charge in [0.1, 0.15) is 5.52 Å². The van der Waals surface area contributed by atoms with Crippen molar-refractivity contribution in [3.63, 3.8) is 0 Å². The van der Waals surface area contributed by atoms with E-state index in [0.717, 1.165) is 0 Å². The molecule has 0 aliphatic rings. The zero-order valence-corrected chi connectivity index (χ0v) is 14.8. The molecule has 8 heteroatoms. The summed E-state index contributed by atoms with van der Waals surface area (Å²) in [5.41, 5.74) is 1.83. The third-order valence-electron chi connectivity index (χ3n) is 3.48. The van der Waals surface area contributed by atoms with Gasteiger partial charge in [-0.25, -0.2) is 4.68 Å². The van der Waals surface area contributed by atoms with Crippen LogP contribution in [0.4, 0.5) is 0 Å². The fourth-order valence-electron chi connectivity index (χ4n) is 2.29. The molecule has 1 aromatic heterocycles. The van der Waals surface area contributed by atoms with Gasteiger partial charge in [0.05, 0.1) is 5.52 Å². The van der Waals surface area contributed by atoms with Crippen molar-refractivity contribution in [3.8, 4) is 0 Å². The van der Waals surface area contributed by atoms with Crippen molar-refractivity contribution >= 4 is 51.7 Å². The number of nitrogens with one attached hydrogen (secondary N) is 1. The molecule has 1 heterocycles. The first-order valence-electron chi connectivity index (χ1n) is 7.10. The van der Waals surface area contributed by atoms with Crippen LogP contribution >= 0.6 is 34.8 Å². The molecule has 0 fully saturated rings. The number of benzene rings is 2. The standard InChI is InChI=1S/C16H13Cl3N4O/c1-16(18,19)15(20-14(24)10-6-8-11(17)9-7-10)23-13-5-3-2-4-12(13)21-22-23/h2-9,15H,1H3,(H,20,24). The van der Waals surface area contributed by atoms with Crippen molar-refractivity contribution in [2.45, 2.75) is 17.4 Å². The van der Waals surface area contributed by atoms with E-state index in [1.54, 1.807) is 31.2 Å². The lowest BCUT2D eigenvalue weighted by molar-refractivity contribution is 0.0911. The number of nitrogens with zero attached hydrogens (tertiary/aromatic N) is 3. The largest absolute Gasteiger partial charge is 0.328 e. The Kier molecular flexibility index (Phi) is 4.67. The molecule has 1 N–H and O–H groups in total. The molecule has 0 aliphatic carbocycles. The fraction of sp³-hybridized carbons (Fsp3) is 0.188. The van der Waals surface area contributed by atoms with Gasteiger partial charge in [-0.05, 0) is 43.3 Å². The molecule has 1 unspecified atom stereocenters. The highest BCUT2D eigenvalue weighted by atomic mass is 35.5. The topological polar surface area (TPSA) is 59.8 Å². The smallest absolute Gasteiger partial charge is 0.253 e. The maximum absolute atomic E-state index is 12.5. The molecule has 124 valence electrons. The summed E-state index contributed by atoms with van der Waals surface area (Å²) >= 11 is 18.4. The van der Waals surface area contributed by atoms with Gasteiger partial charge in [-0.2, -0.15) is 0 Å². The highest BCUT2D eigenvalue weighted by Crippen LogP contribution is 2.33. The van der Waals surface area contributed by atoms with Gasteiger partial charge in [-0.15, -0.1) is 5.10 Å². The van der Waals surface area contributed by atoms with Crippen LogP contribution in [0.25, 0.3) is 11.0 Å². The van der Waals surface area contributed by atoms with Gasteiger partial charge in [0.15, 0.2) is 10.5 Å². The third-order valence-corrected chi connectivity index (χ3v) is 4.14. The van der Waals surface area contributed by atoms with Crippen molar-refractivity contribution < 1.29 is 4.79 Å². The van der Waals surface area contributed by atoms with E-state index >= 15 is 0 Å². The number of carbonyl (C=O) groups excluding carboxylic acids is 1. The van der Waals surface area contributed by atoms with Crippen LogP contribution < -0.4 is 5.32 Å². The Balaban J connectivity index is 1.96. The van der Waals surface area contributed by atoms with Gasteiger partial charge in [-0.1, -0.05) is 52.1 Å². The molecule has 0 bridgehead atoms. The van der Waals surface area contributed by atoms with Gasteiger partial charge < -0.3 is 5.32 Å². The third kappa shape index (κ3) is 3.48. The summed E-state index contributed by atoms with van der Waals surface area (Å²) < 4.78 is 0.196. The second-order valence-electron chi connectivity index (χ2n) is 5.36. The average Bonchev–Trinajstić information content (AvgIpc) is 2.95. The normalized spacial score (nSPS) is 13.0. The number of amides is 1. The molecule has 3 rings (SSSR count). The number of aromatic nitrogens is 3. The summed E-state index contributed by atoms with van der Waals surface area (Å²) in [6, 6.07) is 13.9. The summed E-state index contributed by atoms with van der Waals surface area (Å²) in [6.07, 6.45) is -0.809. The summed E-state index contributed by atoms with van der Waals surface area (Å²) in [4.78, 5) is 12.5. The maximum Gasteiger partial charge on any atom is 0.253 e. The van der Waals surface area contributed by atoms with Crippen LogP contribution in [0, 0.1) is 0 Å². The Hall–Kier alpha value is -1.82. The Labute approximate surface area is 153 Å². The number of halogens is 3. The maximum atomic E-state index is 12.5. The second-order valence-corrected chi connectivity index (χ2v) is 7.56. The van der Waals surface area contributed by atoms with Gasteiger partial charge in [0, 0.05) is 10.6 Å². The van der Waals surface area contributed by atoms with E-state index in [1.165, 1.54) is 4.68 Å². The monoisotopic (exact) mass is 382 g/mol. The molecule has 2 aromatic carbocycles. The Morgan fingerprint density at radius 3 is 2.50 bits per heavy atom. The highest BCUT2D eigenvalue weighted by Gasteiger charge is 2.35. The van der Waals surface area contributed by atoms with Crippen molar-refractivity contribution in [1.29, 1.82) is 0 Å². The zero-order valence-electron chi connectivity index (χ0n) is 12.6. The van der Waals surface area contributed by atoms with Crippen LogP contribution in [-0.4, -0.2) is 25.2 Å². The highest BCUT2D eigenvalue weighted by molar-refractivity contribution is 6.48. The molecule has 0 radical (unpaired) electrons. The molecule has 1 atom stereocenters. The van der Waals surface area contributed by atoms with Crippen molar-refractivity contribution in [2.75, 3.05) is 0 Å². The summed E-state index contributed by atoms with van der Waals surface area (Å²) in [6.45, 7) is 1.58. The average molecular weight is 384 g/mol. The second kappa shape index (κ2) is 6.59. The number of rotatable bonds is 4. The summed E-state index contributed by atoms with van der Waals surface area (Å²) in [5.74, 6) is -0.344. The molecule has 24 heavy (non-hydrogen) atoms. The Morgan fingerprint density at radius 2 is 1.83 bits per heavy atom. The van der Waals surface area contributed by atoms with Crippen LogP contribution in [0.2, 0.25) is 5.02 Å². The number of hydrogen-bond donors (Lipinski definition) is 1. The van der Waals surface area contributed by atoms with Crippen LogP contribution in [-0.2, 0) is 0 Å². The molecule has 0 aliphatic heterocycles. The van der Waals surface area contributed by atoms with E-state index in [1.807, 2.05) is 24.3 Å². The first-order valence-corrected chi connectivity index (χ1v) is 8.24. The quantitative estimate of drug-likeness (QED) is 0.687. The van der Waals surface area contributed by atoms with Crippen molar-refractivity contribution in [2.24, 2.45) is 0 Å². The molecule has 0 spiro atoms. The molecule has 3 aromatic rings. The van der Waals surface area contributed by atoms with Crippen LogP contribution in [0.5, 0.6) is 0 Å². The molecule has 1 amide bonds. The Morgan fingerprint density at radius 1 is 1.17 bits per heavy atom. The molecular formula is C16H13Cl3N4O. The predicted octanol–water partition coefficient (Wildman–Crippen LogP) is 4.21. The van der Waals surface area contributed by atoms with E-state index in [4.69, 9.17) is 34.8 Å². The summed E-state index contributed by atoms with van der Waals surface area (Å²) in [5, 5.41) is 11.5. The minimum atomic E-state index is -1.31. The number of hydrogen-bond acceptors (Lipinski definition) is 3. The molecular weight excluding hydrogens is 371 g/mol. The van der Waals surface area contributed by atoms with Gasteiger partial charge in [0.2, 0.25) is 0 Å². The van der Waals surface area contributed by atoms with Gasteiger partial charge >= 0.3 is 0 Å². The van der Waals surface area contributed by atoms with Crippen molar-refractivity contribution in [1.82, 2.24) is 20.3 Å². The lowest BCUT2D eigenvalue weighted by Crippen LogP contribution is -2.42. The van der Waals surface area contributed by atoms with Gasteiger partial charge in [-0.3, -0.25) is 4.79 Å². The van der Waals surface area contributed by atoms with Gasteiger partial charge in [0.25, 0.3) is 5.91 Å². The zero-order chi connectivity index (χ0) is 17.3. The number of fused-ring (bicyclic) bond motifs is 1. The number of alkyl halides is 2. The fourth-order valence-corrected chi connectivity index (χ4v) is 2.71. The molecule has 0 saturated heterocycles. The lowest BCUT2D eigenvalue weighted by Gasteiger charge is -2.27. The number of carbonyl (C=O) groups is 1. The van der Waals surface area contributed by atoms with Crippen LogP contribution in [0.3, 0.4) is 0 Å². The van der Waals surface area contributed by atoms with E-state index in [-0.39, 0.29) is 5.91 Å². The predicted molar refractivity (Wildman–Crippen MR) is 95.6 cm³/mol. The van der Waals surface area contributed by atoms with Crippen LogP contribution in [0.15, 0.2) is 48.5 Å². The van der Waals surface area contributed by atoms with E-state index in [2.05, 4.69) is 15.6 Å². The van der Waals surface area contributed by atoms with E-state index in [0.29, 0.717) is 21.6 Å². The molecule has 5 nitrogen and oxygen atoms in total. The minimum Gasteiger partial charge on any atom is -0.328 e. The Bertz CT molecular complexity index is 871. The van der Waals surface area contributed by atoms with E-state index in [9.17, 15) is 4.79 Å².